The third-order valence-electron chi connectivity index (χ3n) is 5.31. The number of aryl methyl sites for hydroxylation is 1. The smallest absolute Gasteiger partial charge is 0.259 e. The summed E-state index contributed by atoms with van der Waals surface area (Å²) in [6.07, 6.45) is 1.49. The molecule has 2 unspecified atom stereocenters. The lowest BCUT2D eigenvalue weighted by Gasteiger charge is -2.16. The maximum atomic E-state index is 13.2. The summed E-state index contributed by atoms with van der Waals surface area (Å²) in [6.45, 7) is 3.16. The largest absolute Gasteiger partial charge is 0.396 e. The van der Waals surface area contributed by atoms with Crippen LogP contribution in [-0.4, -0.2) is 40.8 Å². The lowest BCUT2D eigenvalue weighted by molar-refractivity contribution is 0.0781. The van der Waals surface area contributed by atoms with Crippen LogP contribution in [0.15, 0.2) is 65.3 Å². The number of aliphatic hydroxyl groups is 1. The molecule has 1 fully saturated rings. The molecule has 1 saturated heterocycles. The van der Waals surface area contributed by atoms with Gasteiger partial charge in [-0.25, -0.2) is 0 Å². The molecule has 1 N–H and O–H groups in total. The zero-order chi connectivity index (χ0) is 18.8. The molecule has 2 heterocycles. The van der Waals surface area contributed by atoms with Gasteiger partial charge < -0.3 is 14.5 Å². The van der Waals surface area contributed by atoms with E-state index in [1.165, 1.54) is 6.20 Å². The minimum Gasteiger partial charge on any atom is -0.396 e. The molecule has 0 spiro atoms. The van der Waals surface area contributed by atoms with Crippen LogP contribution in [0.3, 0.4) is 0 Å². The van der Waals surface area contributed by atoms with E-state index in [0.29, 0.717) is 24.4 Å². The zero-order valence-electron chi connectivity index (χ0n) is 15.2. The highest BCUT2D eigenvalue weighted by molar-refractivity contribution is 5.99. The number of hydrogen-bond donors (Lipinski definition) is 1. The summed E-state index contributed by atoms with van der Waals surface area (Å²) in [6, 6.07) is 17.9. The Bertz CT molecular complexity index is 918. The van der Waals surface area contributed by atoms with E-state index in [0.717, 1.165) is 16.7 Å². The third kappa shape index (κ3) is 3.38. The molecule has 0 radical (unpaired) electrons. The van der Waals surface area contributed by atoms with Crippen molar-refractivity contribution in [2.45, 2.75) is 12.8 Å². The molecule has 0 bridgehead atoms. The first kappa shape index (κ1) is 17.5. The van der Waals surface area contributed by atoms with Gasteiger partial charge in [-0.3, -0.25) is 4.79 Å². The highest BCUT2D eigenvalue weighted by Gasteiger charge is 2.37. The molecule has 27 heavy (non-hydrogen) atoms. The van der Waals surface area contributed by atoms with Gasteiger partial charge in [0.15, 0.2) is 5.76 Å². The van der Waals surface area contributed by atoms with Gasteiger partial charge in [-0.2, -0.15) is 0 Å². The molecule has 4 rings (SSSR count). The second-order valence-electron chi connectivity index (χ2n) is 7.10. The molecule has 1 aliphatic heterocycles. The van der Waals surface area contributed by atoms with Crippen molar-refractivity contribution in [3.05, 3.63) is 77.5 Å². The van der Waals surface area contributed by atoms with Crippen LogP contribution < -0.4 is 0 Å². The van der Waals surface area contributed by atoms with E-state index in [1.807, 2.05) is 49.4 Å². The highest BCUT2D eigenvalue weighted by Crippen LogP contribution is 2.34. The number of aromatic nitrogens is 1. The Kier molecular flexibility index (Phi) is 4.77. The maximum Gasteiger partial charge on any atom is 0.259 e. The molecule has 1 aromatic heterocycles. The van der Waals surface area contributed by atoms with E-state index in [2.05, 4.69) is 17.3 Å². The number of carbonyl (C=O) groups is 1. The Morgan fingerprint density at radius 1 is 1.15 bits per heavy atom. The van der Waals surface area contributed by atoms with Gasteiger partial charge in [0.2, 0.25) is 0 Å². The molecule has 0 aliphatic carbocycles. The maximum absolute atomic E-state index is 13.2. The normalized spacial score (nSPS) is 19.4. The highest BCUT2D eigenvalue weighted by atomic mass is 16.5. The standard InChI is InChI=1S/C22H22N2O3/c1-15-7-9-17(10-8-15)21-19(11-23-27-21)22(26)24-12-18(14-25)20(13-24)16-5-3-2-4-6-16/h2-11,18,20,25H,12-14H2,1H3. The van der Waals surface area contributed by atoms with E-state index in [-0.39, 0.29) is 24.3 Å². The van der Waals surface area contributed by atoms with Crippen molar-refractivity contribution in [2.75, 3.05) is 19.7 Å². The summed E-state index contributed by atoms with van der Waals surface area (Å²) in [5.74, 6) is 0.536. The molecule has 2 atom stereocenters. The molecule has 1 amide bonds. The van der Waals surface area contributed by atoms with Gasteiger partial charge in [-0.1, -0.05) is 65.3 Å². The molecule has 2 aromatic carbocycles. The number of benzene rings is 2. The predicted octanol–water partition coefficient (Wildman–Crippen LogP) is 3.50. The van der Waals surface area contributed by atoms with Gasteiger partial charge in [0.1, 0.15) is 5.56 Å². The molecule has 5 nitrogen and oxygen atoms in total. The Morgan fingerprint density at radius 2 is 1.89 bits per heavy atom. The quantitative estimate of drug-likeness (QED) is 0.771. The van der Waals surface area contributed by atoms with Crippen molar-refractivity contribution in [1.82, 2.24) is 10.1 Å². The Hall–Kier alpha value is -2.92. The van der Waals surface area contributed by atoms with Gasteiger partial charge in [0.25, 0.3) is 5.91 Å². The van der Waals surface area contributed by atoms with Crippen molar-refractivity contribution in [3.8, 4) is 11.3 Å². The van der Waals surface area contributed by atoms with Crippen LogP contribution in [-0.2, 0) is 0 Å². The van der Waals surface area contributed by atoms with E-state index in [1.54, 1.807) is 4.90 Å². The Labute approximate surface area is 158 Å². The van der Waals surface area contributed by atoms with Gasteiger partial charge in [0.05, 0.1) is 6.20 Å². The molecule has 1 aliphatic rings. The third-order valence-corrected chi connectivity index (χ3v) is 5.31. The fourth-order valence-corrected chi connectivity index (χ4v) is 3.78. The number of rotatable bonds is 4. The van der Waals surface area contributed by atoms with Crippen molar-refractivity contribution in [1.29, 1.82) is 0 Å². The monoisotopic (exact) mass is 362 g/mol. The number of likely N-dealkylation sites (tertiary alicyclic amines) is 1. The van der Waals surface area contributed by atoms with Crippen LogP contribution in [0.5, 0.6) is 0 Å². The summed E-state index contributed by atoms with van der Waals surface area (Å²) in [5, 5.41) is 13.7. The lowest BCUT2D eigenvalue weighted by atomic mass is 9.90. The molecule has 0 saturated carbocycles. The predicted molar refractivity (Wildman–Crippen MR) is 102 cm³/mol. The number of aliphatic hydroxyl groups excluding tert-OH is 1. The average Bonchev–Trinajstić information content (AvgIpc) is 3.36. The van der Waals surface area contributed by atoms with Crippen LogP contribution in [0.2, 0.25) is 0 Å². The van der Waals surface area contributed by atoms with Crippen molar-refractivity contribution >= 4 is 5.91 Å². The molecule has 5 heteroatoms. The van der Waals surface area contributed by atoms with Crippen molar-refractivity contribution in [3.63, 3.8) is 0 Å². The number of carbonyl (C=O) groups excluding carboxylic acids is 1. The first-order valence-corrected chi connectivity index (χ1v) is 9.14. The van der Waals surface area contributed by atoms with Crippen LogP contribution >= 0.6 is 0 Å². The van der Waals surface area contributed by atoms with Crippen molar-refractivity contribution in [2.24, 2.45) is 5.92 Å². The summed E-state index contributed by atoms with van der Waals surface area (Å²) in [5.41, 5.74) is 3.58. The molecule has 138 valence electrons. The van der Waals surface area contributed by atoms with Gasteiger partial charge in [-0.05, 0) is 12.5 Å². The summed E-state index contributed by atoms with van der Waals surface area (Å²) in [7, 11) is 0. The average molecular weight is 362 g/mol. The van der Waals surface area contributed by atoms with Gasteiger partial charge in [0, 0.05) is 37.1 Å². The lowest BCUT2D eigenvalue weighted by Crippen LogP contribution is -2.29. The van der Waals surface area contributed by atoms with Crippen LogP contribution in [0, 0.1) is 12.8 Å². The summed E-state index contributed by atoms with van der Waals surface area (Å²) < 4.78 is 5.39. The molecular formula is C22H22N2O3. The first-order valence-electron chi connectivity index (χ1n) is 9.14. The summed E-state index contributed by atoms with van der Waals surface area (Å²) in [4.78, 5) is 14.9. The zero-order valence-corrected chi connectivity index (χ0v) is 15.2. The SMILES string of the molecule is Cc1ccc(-c2oncc2C(=O)N2CC(CO)C(c3ccccc3)C2)cc1. The van der Waals surface area contributed by atoms with E-state index in [9.17, 15) is 9.90 Å². The van der Waals surface area contributed by atoms with Crippen LogP contribution in [0.25, 0.3) is 11.3 Å². The minimum absolute atomic E-state index is 0.0269. The molecule has 3 aromatic rings. The van der Waals surface area contributed by atoms with Gasteiger partial charge in [-0.15, -0.1) is 0 Å². The van der Waals surface area contributed by atoms with Crippen LogP contribution in [0.4, 0.5) is 0 Å². The minimum atomic E-state index is -0.108. The van der Waals surface area contributed by atoms with Crippen molar-refractivity contribution < 1.29 is 14.4 Å². The second-order valence-corrected chi connectivity index (χ2v) is 7.10. The fraction of sp³-hybridized carbons (Fsp3) is 0.273. The molecular weight excluding hydrogens is 340 g/mol. The topological polar surface area (TPSA) is 66.6 Å². The fourth-order valence-electron chi connectivity index (χ4n) is 3.78. The van der Waals surface area contributed by atoms with Gasteiger partial charge >= 0.3 is 0 Å². The summed E-state index contributed by atoms with van der Waals surface area (Å²) >= 11 is 0. The first-order chi connectivity index (χ1) is 13.2. The second kappa shape index (κ2) is 7.37. The van der Waals surface area contributed by atoms with Crippen LogP contribution in [0.1, 0.15) is 27.4 Å². The van der Waals surface area contributed by atoms with E-state index in [4.69, 9.17) is 4.52 Å². The number of nitrogens with zero attached hydrogens (tertiary/aromatic N) is 2. The number of hydrogen-bond acceptors (Lipinski definition) is 4. The Balaban J connectivity index is 1.59. The van der Waals surface area contributed by atoms with E-state index >= 15 is 0 Å². The number of amides is 1. The Morgan fingerprint density at radius 3 is 2.59 bits per heavy atom. The van der Waals surface area contributed by atoms with E-state index < -0.39 is 0 Å².